The molecule has 2 aromatic heterocycles. The summed E-state index contributed by atoms with van der Waals surface area (Å²) in [5.74, 6) is -0.230. The number of carbonyl (C=O) groups excluding carboxylic acids is 1. The molecule has 1 aromatic carbocycles. The van der Waals surface area contributed by atoms with Crippen LogP contribution in [0.1, 0.15) is 26.4 Å². The van der Waals surface area contributed by atoms with Gasteiger partial charge in [0.1, 0.15) is 0 Å². The first kappa shape index (κ1) is 17.2. The maximum Gasteiger partial charge on any atom is 0.416 e. The lowest BCUT2D eigenvalue weighted by atomic mass is 10.1. The van der Waals surface area contributed by atoms with Gasteiger partial charge in [0.05, 0.1) is 28.9 Å². The van der Waals surface area contributed by atoms with Gasteiger partial charge >= 0.3 is 6.18 Å². The third-order valence-electron chi connectivity index (χ3n) is 3.56. The summed E-state index contributed by atoms with van der Waals surface area (Å²) < 4.78 is 39.7. The second kappa shape index (κ2) is 6.72. The zero-order valence-electron chi connectivity index (χ0n) is 13.2. The Morgan fingerprint density at radius 3 is 2.80 bits per heavy atom. The fraction of sp³-hybridized carbons (Fsp3) is 0.176. The van der Waals surface area contributed by atoms with Crippen LogP contribution in [0.4, 0.5) is 18.9 Å². The molecule has 0 saturated carbocycles. The van der Waals surface area contributed by atoms with E-state index in [0.29, 0.717) is 16.1 Å². The number of aryl methyl sites for hydroxylation is 1. The molecule has 0 radical (unpaired) electrons. The number of hydrogen-bond acceptors (Lipinski definition) is 3. The van der Waals surface area contributed by atoms with E-state index in [1.807, 2.05) is 18.4 Å². The van der Waals surface area contributed by atoms with Gasteiger partial charge in [0.25, 0.3) is 5.91 Å². The minimum Gasteiger partial charge on any atom is -0.319 e. The van der Waals surface area contributed by atoms with E-state index in [0.717, 1.165) is 17.7 Å². The fourth-order valence-electron chi connectivity index (χ4n) is 2.34. The molecule has 0 aliphatic heterocycles. The van der Waals surface area contributed by atoms with Crippen LogP contribution in [0.2, 0.25) is 0 Å². The number of halogens is 3. The first-order valence-corrected chi connectivity index (χ1v) is 8.25. The van der Waals surface area contributed by atoms with Crippen LogP contribution in [0.25, 0.3) is 0 Å². The van der Waals surface area contributed by atoms with E-state index < -0.39 is 11.7 Å². The average molecular weight is 365 g/mol. The zero-order chi connectivity index (χ0) is 18.0. The molecule has 0 saturated heterocycles. The molecule has 3 aromatic rings. The molecule has 130 valence electrons. The largest absolute Gasteiger partial charge is 0.416 e. The molecule has 1 amide bonds. The van der Waals surface area contributed by atoms with Gasteiger partial charge in [-0.25, -0.2) is 0 Å². The number of thiophene rings is 1. The lowest BCUT2D eigenvalue weighted by Crippen LogP contribution is -2.10. The van der Waals surface area contributed by atoms with Crippen molar-refractivity contribution in [3.05, 3.63) is 69.7 Å². The summed E-state index contributed by atoms with van der Waals surface area (Å²) in [5.41, 5.74) is 1.16. The molecule has 0 unspecified atom stereocenters. The Bertz CT molecular complexity index is 898. The Morgan fingerprint density at radius 2 is 2.12 bits per heavy atom. The third kappa shape index (κ3) is 4.08. The van der Waals surface area contributed by atoms with Crippen molar-refractivity contribution in [1.29, 1.82) is 0 Å². The first-order chi connectivity index (χ1) is 11.8. The number of benzene rings is 1. The van der Waals surface area contributed by atoms with Crippen LogP contribution >= 0.6 is 11.3 Å². The Hall–Kier alpha value is -2.61. The highest BCUT2D eigenvalue weighted by Crippen LogP contribution is 2.29. The van der Waals surface area contributed by atoms with Gasteiger partial charge in [-0.3, -0.25) is 9.48 Å². The standard InChI is InChI=1S/C17H14F3N3OS/c1-11-5-6-25-15(11)16(24)22-14-8-21-23(10-14)9-12-3-2-4-13(7-12)17(18,19)20/h2-8,10H,9H2,1H3,(H,22,24). The number of amides is 1. The maximum atomic E-state index is 12.8. The normalized spacial score (nSPS) is 11.5. The zero-order valence-corrected chi connectivity index (χ0v) is 14.0. The molecule has 25 heavy (non-hydrogen) atoms. The summed E-state index contributed by atoms with van der Waals surface area (Å²) in [6.07, 6.45) is -1.33. The van der Waals surface area contributed by atoms with Crippen LogP contribution in [0.5, 0.6) is 0 Å². The molecule has 0 atom stereocenters. The highest BCUT2D eigenvalue weighted by atomic mass is 32.1. The van der Waals surface area contributed by atoms with Crippen LogP contribution in [0.15, 0.2) is 48.1 Å². The summed E-state index contributed by atoms with van der Waals surface area (Å²) in [5, 5.41) is 8.65. The van der Waals surface area contributed by atoms with Gasteiger partial charge in [-0.05, 0) is 41.6 Å². The van der Waals surface area contributed by atoms with Crippen molar-refractivity contribution in [3.63, 3.8) is 0 Å². The predicted octanol–water partition coefficient (Wildman–Crippen LogP) is 4.57. The maximum absolute atomic E-state index is 12.8. The van der Waals surface area contributed by atoms with Crippen molar-refractivity contribution in [2.24, 2.45) is 0 Å². The molecule has 4 nitrogen and oxygen atoms in total. The van der Waals surface area contributed by atoms with Crippen molar-refractivity contribution in [2.75, 3.05) is 5.32 Å². The summed E-state index contributed by atoms with van der Waals surface area (Å²) >= 11 is 1.34. The van der Waals surface area contributed by atoms with Gasteiger partial charge in [-0.2, -0.15) is 18.3 Å². The SMILES string of the molecule is Cc1ccsc1C(=O)Nc1cnn(Cc2cccc(C(F)(F)F)c2)c1. The van der Waals surface area contributed by atoms with Crippen molar-refractivity contribution in [1.82, 2.24) is 9.78 Å². The highest BCUT2D eigenvalue weighted by molar-refractivity contribution is 7.12. The highest BCUT2D eigenvalue weighted by Gasteiger charge is 2.30. The molecule has 2 heterocycles. The quantitative estimate of drug-likeness (QED) is 0.736. The Kier molecular flexibility index (Phi) is 4.63. The number of nitrogens with one attached hydrogen (secondary N) is 1. The van der Waals surface area contributed by atoms with Crippen molar-refractivity contribution >= 4 is 22.9 Å². The Morgan fingerprint density at radius 1 is 1.32 bits per heavy atom. The Labute approximate surface area is 145 Å². The number of anilines is 1. The third-order valence-corrected chi connectivity index (χ3v) is 4.57. The molecule has 0 fully saturated rings. The van der Waals surface area contributed by atoms with Crippen LogP contribution in [0.3, 0.4) is 0 Å². The van der Waals surface area contributed by atoms with Gasteiger partial charge in [0.15, 0.2) is 0 Å². The van der Waals surface area contributed by atoms with Crippen molar-refractivity contribution in [2.45, 2.75) is 19.6 Å². The van der Waals surface area contributed by atoms with Crippen molar-refractivity contribution in [3.8, 4) is 0 Å². The molecule has 1 N–H and O–H groups in total. The fourth-order valence-corrected chi connectivity index (χ4v) is 3.16. The smallest absolute Gasteiger partial charge is 0.319 e. The van der Waals surface area contributed by atoms with E-state index in [2.05, 4.69) is 10.4 Å². The molecule has 0 aliphatic carbocycles. The first-order valence-electron chi connectivity index (χ1n) is 7.37. The molecule has 8 heteroatoms. The lowest BCUT2D eigenvalue weighted by molar-refractivity contribution is -0.137. The molecule has 3 rings (SSSR count). The number of alkyl halides is 3. The van der Waals surface area contributed by atoms with Gasteiger partial charge in [-0.15, -0.1) is 11.3 Å². The van der Waals surface area contributed by atoms with E-state index in [-0.39, 0.29) is 12.5 Å². The summed E-state index contributed by atoms with van der Waals surface area (Å²) in [7, 11) is 0. The Balaban J connectivity index is 1.70. The van der Waals surface area contributed by atoms with E-state index >= 15 is 0 Å². The number of aromatic nitrogens is 2. The van der Waals surface area contributed by atoms with Crippen LogP contribution in [0, 0.1) is 6.92 Å². The minimum atomic E-state index is -4.38. The van der Waals surface area contributed by atoms with Gasteiger partial charge < -0.3 is 5.32 Å². The van der Waals surface area contributed by atoms with Crippen LogP contribution in [-0.2, 0) is 12.7 Å². The number of rotatable bonds is 4. The molecular formula is C17H14F3N3OS. The summed E-state index contributed by atoms with van der Waals surface area (Å²) in [4.78, 5) is 12.8. The van der Waals surface area contributed by atoms with Gasteiger partial charge in [0, 0.05) is 6.20 Å². The number of carbonyl (C=O) groups is 1. The summed E-state index contributed by atoms with van der Waals surface area (Å²) in [6, 6.07) is 6.95. The molecule has 0 bridgehead atoms. The van der Waals surface area contributed by atoms with E-state index in [4.69, 9.17) is 0 Å². The second-order valence-electron chi connectivity index (χ2n) is 5.51. The van der Waals surface area contributed by atoms with Crippen molar-refractivity contribution < 1.29 is 18.0 Å². The van der Waals surface area contributed by atoms with E-state index in [9.17, 15) is 18.0 Å². The van der Waals surface area contributed by atoms with Crippen LogP contribution < -0.4 is 5.32 Å². The lowest BCUT2D eigenvalue weighted by Gasteiger charge is -2.08. The van der Waals surface area contributed by atoms with E-state index in [1.54, 1.807) is 12.3 Å². The monoisotopic (exact) mass is 365 g/mol. The summed E-state index contributed by atoms with van der Waals surface area (Å²) in [6.45, 7) is 2.03. The second-order valence-corrected chi connectivity index (χ2v) is 6.43. The molecular weight excluding hydrogens is 351 g/mol. The molecule has 0 spiro atoms. The topological polar surface area (TPSA) is 46.9 Å². The van der Waals surface area contributed by atoms with Crippen LogP contribution in [-0.4, -0.2) is 15.7 Å². The number of nitrogens with zero attached hydrogens (tertiary/aromatic N) is 2. The van der Waals surface area contributed by atoms with Gasteiger partial charge in [-0.1, -0.05) is 12.1 Å². The molecule has 0 aliphatic rings. The average Bonchev–Trinajstić information content (AvgIpc) is 3.16. The predicted molar refractivity (Wildman–Crippen MR) is 89.8 cm³/mol. The minimum absolute atomic E-state index is 0.178. The number of hydrogen-bond donors (Lipinski definition) is 1. The van der Waals surface area contributed by atoms with Gasteiger partial charge in [0.2, 0.25) is 0 Å². The van der Waals surface area contributed by atoms with E-state index in [1.165, 1.54) is 28.3 Å².